The van der Waals surface area contributed by atoms with E-state index in [9.17, 15) is 19.5 Å². The molecular weight excluding hydrogens is 424 g/mol. The van der Waals surface area contributed by atoms with Crippen molar-refractivity contribution in [3.63, 3.8) is 0 Å². The molecule has 9 heteroatoms. The number of thioether (sulfide) groups is 1. The van der Waals surface area contributed by atoms with Gasteiger partial charge < -0.3 is 20.5 Å². The molecule has 0 heterocycles. The Morgan fingerprint density at radius 2 is 1.85 bits per heavy atom. The summed E-state index contributed by atoms with van der Waals surface area (Å²) in [6.45, 7) is 5.09. The number of aliphatic carboxylic acids is 1. The largest absolute Gasteiger partial charge is 0.480 e. The molecule has 0 aliphatic carbocycles. The number of nitrogens with one attached hydrogen (secondary N) is 2. The highest BCUT2D eigenvalue weighted by molar-refractivity contribution is 9.10. The Bertz CT molecular complexity index is 631. The van der Waals surface area contributed by atoms with Crippen LogP contribution in [0.25, 0.3) is 0 Å². The number of carbonyl (C=O) groups is 3. The zero-order valence-corrected chi connectivity index (χ0v) is 17.3. The molecule has 0 aliphatic heterocycles. The van der Waals surface area contributed by atoms with E-state index in [2.05, 4.69) is 26.6 Å². The average Bonchev–Trinajstić information content (AvgIpc) is 2.50. The number of hydrogen-bond donors (Lipinski definition) is 3. The number of carboxylic acids is 1. The Labute approximate surface area is 165 Å². The molecule has 26 heavy (non-hydrogen) atoms. The first-order valence-corrected chi connectivity index (χ1v) is 9.87. The molecule has 0 saturated carbocycles. The lowest BCUT2D eigenvalue weighted by Gasteiger charge is -2.21. The summed E-state index contributed by atoms with van der Waals surface area (Å²) in [4.78, 5) is 34.8. The van der Waals surface area contributed by atoms with E-state index in [-0.39, 0.29) is 18.1 Å². The minimum Gasteiger partial charge on any atom is -0.480 e. The number of alkyl carbamates (subject to hydrolysis) is 1. The Balaban J connectivity index is 2.34. The van der Waals surface area contributed by atoms with Gasteiger partial charge in [0, 0.05) is 10.2 Å². The molecule has 2 amide bonds. The van der Waals surface area contributed by atoms with Crippen LogP contribution in [-0.4, -0.2) is 46.2 Å². The molecule has 1 aromatic rings. The molecule has 0 bridgehead atoms. The van der Waals surface area contributed by atoms with Gasteiger partial charge in [-0.25, -0.2) is 9.59 Å². The fourth-order valence-corrected chi connectivity index (χ4v) is 2.87. The van der Waals surface area contributed by atoms with E-state index in [1.807, 2.05) is 12.1 Å². The molecule has 1 atom stereocenters. The van der Waals surface area contributed by atoms with Gasteiger partial charge in [0.25, 0.3) is 0 Å². The Morgan fingerprint density at radius 1 is 1.23 bits per heavy atom. The summed E-state index contributed by atoms with van der Waals surface area (Å²) < 4.78 is 5.97. The van der Waals surface area contributed by atoms with Gasteiger partial charge in [-0.1, -0.05) is 15.9 Å². The van der Waals surface area contributed by atoms with Gasteiger partial charge in [-0.3, -0.25) is 4.79 Å². The van der Waals surface area contributed by atoms with E-state index in [1.165, 1.54) is 11.8 Å². The molecule has 1 rings (SSSR count). The van der Waals surface area contributed by atoms with Crippen molar-refractivity contribution in [1.82, 2.24) is 5.32 Å². The van der Waals surface area contributed by atoms with Crippen LogP contribution in [0.5, 0.6) is 0 Å². The van der Waals surface area contributed by atoms with Crippen molar-refractivity contribution in [2.75, 3.05) is 16.8 Å². The number of benzene rings is 1. The van der Waals surface area contributed by atoms with E-state index < -0.39 is 23.7 Å². The van der Waals surface area contributed by atoms with Gasteiger partial charge in [0.15, 0.2) is 0 Å². The number of carboxylic acid groups (broad SMARTS) is 1. The van der Waals surface area contributed by atoms with Gasteiger partial charge in [-0.2, -0.15) is 11.8 Å². The standard InChI is InChI=1S/C17H23BrN2O5S/c1-17(2,3)25-16(24)20-13(15(22)23)8-9-26-10-14(21)19-12-6-4-11(18)5-7-12/h4-7,13H,8-10H2,1-3H3,(H,19,21)(H,20,24)(H,22,23). The molecule has 144 valence electrons. The number of amides is 2. The van der Waals surface area contributed by atoms with E-state index >= 15 is 0 Å². The maximum atomic E-state index is 11.9. The molecular formula is C17H23BrN2O5S. The Kier molecular flexibility index (Phi) is 8.94. The molecule has 0 radical (unpaired) electrons. The molecule has 0 aliphatic rings. The third kappa shape index (κ3) is 9.67. The predicted octanol–water partition coefficient (Wildman–Crippen LogP) is 3.49. The average molecular weight is 447 g/mol. The highest BCUT2D eigenvalue weighted by Crippen LogP contribution is 2.15. The fraction of sp³-hybridized carbons (Fsp3) is 0.471. The zero-order chi connectivity index (χ0) is 19.7. The summed E-state index contributed by atoms with van der Waals surface area (Å²) in [7, 11) is 0. The van der Waals surface area contributed by atoms with Crippen molar-refractivity contribution >= 4 is 51.3 Å². The predicted molar refractivity (Wildman–Crippen MR) is 106 cm³/mol. The maximum absolute atomic E-state index is 11.9. The molecule has 0 saturated heterocycles. The first kappa shape index (κ1) is 22.3. The van der Waals surface area contributed by atoms with Gasteiger partial charge in [0.2, 0.25) is 5.91 Å². The van der Waals surface area contributed by atoms with Crippen molar-refractivity contribution in [3.8, 4) is 0 Å². The van der Waals surface area contributed by atoms with Crippen LogP contribution in [0.2, 0.25) is 0 Å². The SMILES string of the molecule is CC(C)(C)OC(=O)NC(CCSCC(=O)Nc1ccc(Br)cc1)C(=O)O. The lowest BCUT2D eigenvalue weighted by atomic mass is 10.2. The number of carbonyl (C=O) groups excluding carboxylic acids is 2. The summed E-state index contributed by atoms with van der Waals surface area (Å²) in [6, 6.07) is 6.13. The Morgan fingerprint density at radius 3 is 2.38 bits per heavy atom. The van der Waals surface area contributed by atoms with Crippen LogP contribution < -0.4 is 10.6 Å². The van der Waals surface area contributed by atoms with Crippen LogP contribution >= 0.6 is 27.7 Å². The van der Waals surface area contributed by atoms with Crippen LogP contribution in [0, 0.1) is 0 Å². The molecule has 0 fully saturated rings. The fourth-order valence-electron chi connectivity index (χ4n) is 1.80. The number of rotatable bonds is 8. The van der Waals surface area contributed by atoms with E-state index in [4.69, 9.17) is 4.74 Å². The topological polar surface area (TPSA) is 105 Å². The molecule has 3 N–H and O–H groups in total. The monoisotopic (exact) mass is 446 g/mol. The molecule has 7 nitrogen and oxygen atoms in total. The quantitative estimate of drug-likeness (QED) is 0.527. The molecule has 1 aromatic carbocycles. The summed E-state index contributed by atoms with van der Waals surface area (Å²) >= 11 is 4.61. The number of ether oxygens (including phenoxy) is 1. The van der Waals surface area contributed by atoms with Crippen molar-refractivity contribution in [2.24, 2.45) is 0 Å². The van der Waals surface area contributed by atoms with Crippen molar-refractivity contribution < 1.29 is 24.2 Å². The number of anilines is 1. The second-order valence-corrected chi connectivity index (χ2v) is 8.45. The summed E-state index contributed by atoms with van der Waals surface area (Å²) in [5, 5.41) is 14.3. The van der Waals surface area contributed by atoms with Gasteiger partial charge in [0.1, 0.15) is 11.6 Å². The molecule has 0 spiro atoms. The minimum absolute atomic E-state index is 0.177. The highest BCUT2D eigenvalue weighted by Gasteiger charge is 2.23. The van der Waals surface area contributed by atoms with E-state index in [1.54, 1.807) is 32.9 Å². The minimum atomic E-state index is -1.14. The Hall–Kier alpha value is -1.74. The van der Waals surface area contributed by atoms with Gasteiger partial charge in [0.05, 0.1) is 5.75 Å². The second-order valence-electron chi connectivity index (χ2n) is 6.43. The maximum Gasteiger partial charge on any atom is 0.408 e. The summed E-state index contributed by atoms with van der Waals surface area (Å²) in [5.74, 6) is -0.727. The van der Waals surface area contributed by atoms with Gasteiger partial charge in [-0.15, -0.1) is 0 Å². The van der Waals surface area contributed by atoms with E-state index in [0.29, 0.717) is 11.4 Å². The third-order valence-electron chi connectivity index (χ3n) is 2.90. The normalized spacial score (nSPS) is 12.2. The van der Waals surface area contributed by atoms with Crippen LogP contribution in [0.3, 0.4) is 0 Å². The summed E-state index contributed by atoms with van der Waals surface area (Å²) in [5.41, 5.74) is -0.0127. The zero-order valence-electron chi connectivity index (χ0n) is 14.9. The van der Waals surface area contributed by atoms with Crippen molar-refractivity contribution in [1.29, 1.82) is 0 Å². The first-order chi connectivity index (χ1) is 12.1. The molecule has 0 aromatic heterocycles. The second kappa shape index (κ2) is 10.4. The first-order valence-electron chi connectivity index (χ1n) is 7.92. The lowest BCUT2D eigenvalue weighted by molar-refractivity contribution is -0.139. The van der Waals surface area contributed by atoms with Crippen LogP contribution in [-0.2, 0) is 14.3 Å². The van der Waals surface area contributed by atoms with Crippen molar-refractivity contribution in [2.45, 2.75) is 38.8 Å². The highest BCUT2D eigenvalue weighted by atomic mass is 79.9. The van der Waals surface area contributed by atoms with Gasteiger partial charge >= 0.3 is 12.1 Å². The molecule has 1 unspecified atom stereocenters. The smallest absolute Gasteiger partial charge is 0.408 e. The van der Waals surface area contributed by atoms with Crippen LogP contribution in [0.15, 0.2) is 28.7 Å². The van der Waals surface area contributed by atoms with E-state index in [0.717, 1.165) is 4.47 Å². The lowest BCUT2D eigenvalue weighted by Crippen LogP contribution is -2.43. The number of hydrogen-bond acceptors (Lipinski definition) is 5. The summed E-state index contributed by atoms with van der Waals surface area (Å²) in [6.07, 6.45) is -0.590. The van der Waals surface area contributed by atoms with Crippen molar-refractivity contribution in [3.05, 3.63) is 28.7 Å². The number of halogens is 1. The van der Waals surface area contributed by atoms with Crippen LogP contribution in [0.1, 0.15) is 27.2 Å². The van der Waals surface area contributed by atoms with Gasteiger partial charge in [-0.05, 0) is 57.2 Å². The van der Waals surface area contributed by atoms with Crippen LogP contribution in [0.4, 0.5) is 10.5 Å². The third-order valence-corrected chi connectivity index (χ3v) is 4.42.